The summed E-state index contributed by atoms with van der Waals surface area (Å²) in [6.45, 7) is 4.44. The van der Waals surface area contributed by atoms with E-state index in [9.17, 15) is 24.3 Å². The van der Waals surface area contributed by atoms with Crippen LogP contribution in [0.1, 0.15) is 31.1 Å². The molecule has 1 rings (SSSR count). The van der Waals surface area contributed by atoms with Crippen molar-refractivity contribution in [2.45, 2.75) is 35.3 Å². The Hall–Kier alpha value is -1.46. The minimum absolute atomic E-state index is 0.189. The van der Waals surface area contributed by atoms with Crippen LogP contribution in [0.15, 0.2) is 12.1 Å². The number of alkyl halides is 3. The molecule has 0 radical (unpaired) electrons. The van der Waals surface area contributed by atoms with E-state index in [1.165, 1.54) is 20.8 Å². The van der Waals surface area contributed by atoms with Crippen molar-refractivity contribution in [1.29, 1.82) is 0 Å². The maximum absolute atomic E-state index is 11.9. The van der Waals surface area contributed by atoms with Gasteiger partial charge < -0.3 is 24.1 Å². The summed E-state index contributed by atoms with van der Waals surface area (Å²) in [5.74, 6) is -5.27. The molecule has 0 aromatic heterocycles. The maximum atomic E-state index is 11.9. The highest BCUT2D eigenvalue weighted by Crippen LogP contribution is 2.35. The van der Waals surface area contributed by atoms with Crippen LogP contribution < -0.4 is 19.3 Å². The lowest BCUT2D eigenvalue weighted by Gasteiger charge is -2.18. The molecule has 0 amide bonds. The standard InChI is InChI=1S/C16H15Br3O8/c1-6(17)14(22)25-9-4-10(26-15(23)7(2)18)12(13(20)21)11(5-9)27-16(24)8(3)19/h4-8H,1-3H3,(H,20,21)/p-1. The molecule has 0 fully saturated rings. The first kappa shape index (κ1) is 23.6. The highest BCUT2D eigenvalue weighted by Gasteiger charge is 2.24. The molecule has 0 aliphatic rings. The number of benzene rings is 1. The topological polar surface area (TPSA) is 119 Å². The summed E-state index contributed by atoms with van der Waals surface area (Å²) in [6.07, 6.45) is 0. The molecule has 148 valence electrons. The molecule has 0 aliphatic heterocycles. The van der Waals surface area contributed by atoms with Crippen molar-refractivity contribution in [3.63, 3.8) is 0 Å². The number of carboxylic acids is 1. The van der Waals surface area contributed by atoms with E-state index in [1.54, 1.807) is 0 Å². The summed E-state index contributed by atoms with van der Waals surface area (Å²) in [5.41, 5.74) is -0.676. The Labute approximate surface area is 179 Å². The monoisotopic (exact) mass is 571 g/mol. The van der Waals surface area contributed by atoms with E-state index in [4.69, 9.17) is 14.2 Å². The number of ether oxygens (including phenoxy) is 3. The van der Waals surface area contributed by atoms with Crippen LogP contribution in [0.4, 0.5) is 0 Å². The molecule has 0 saturated heterocycles. The second-order valence-electron chi connectivity index (χ2n) is 5.19. The van der Waals surface area contributed by atoms with E-state index in [1.807, 2.05) is 0 Å². The van der Waals surface area contributed by atoms with Gasteiger partial charge in [0.05, 0.1) is 11.5 Å². The summed E-state index contributed by atoms with van der Waals surface area (Å²) >= 11 is 9.02. The average Bonchev–Trinajstić information content (AvgIpc) is 2.53. The summed E-state index contributed by atoms with van der Waals surface area (Å²) in [5, 5.41) is 11.6. The first-order valence-electron chi connectivity index (χ1n) is 7.40. The van der Waals surface area contributed by atoms with Gasteiger partial charge in [0.25, 0.3) is 0 Å². The van der Waals surface area contributed by atoms with Gasteiger partial charge in [0.2, 0.25) is 0 Å². The van der Waals surface area contributed by atoms with Crippen molar-refractivity contribution in [2.75, 3.05) is 0 Å². The van der Waals surface area contributed by atoms with Crippen molar-refractivity contribution in [3.8, 4) is 17.2 Å². The van der Waals surface area contributed by atoms with Crippen molar-refractivity contribution in [2.24, 2.45) is 0 Å². The molecular formula is C16H14Br3O8-. The van der Waals surface area contributed by atoms with Gasteiger partial charge in [0, 0.05) is 12.1 Å². The first-order chi connectivity index (χ1) is 12.4. The zero-order chi connectivity index (χ0) is 20.9. The Kier molecular flexibility index (Phi) is 8.89. The van der Waals surface area contributed by atoms with Crippen molar-refractivity contribution >= 4 is 71.7 Å². The molecule has 0 N–H and O–H groups in total. The van der Waals surface area contributed by atoms with Gasteiger partial charge in [-0.3, -0.25) is 14.4 Å². The molecule has 3 unspecified atom stereocenters. The Bertz CT molecular complexity index is 715. The fourth-order valence-corrected chi connectivity index (χ4v) is 1.84. The zero-order valence-electron chi connectivity index (χ0n) is 14.3. The van der Waals surface area contributed by atoms with Crippen LogP contribution in [0, 0.1) is 0 Å². The Morgan fingerprint density at radius 3 is 1.41 bits per heavy atom. The van der Waals surface area contributed by atoms with Crippen LogP contribution in [0.25, 0.3) is 0 Å². The number of aromatic carboxylic acids is 1. The number of carbonyl (C=O) groups excluding carboxylic acids is 4. The van der Waals surface area contributed by atoms with E-state index in [0.717, 1.165) is 12.1 Å². The number of carboxylic acid groups (broad SMARTS) is 1. The number of rotatable bonds is 7. The van der Waals surface area contributed by atoms with Crippen LogP contribution in [0.3, 0.4) is 0 Å². The third-order valence-electron chi connectivity index (χ3n) is 2.86. The van der Waals surface area contributed by atoms with E-state index >= 15 is 0 Å². The van der Waals surface area contributed by atoms with Gasteiger partial charge in [0.15, 0.2) is 0 Å². The van der Waals surface area contributed by atoms with Gasteiger partial charge in [-0.25, -0.2) is 0 Å². The zero-order valence-corrected chi connectivity index (χ0v) is 19.0. The maximum Gasteiger partial charge on any atom is 0.324 e. The van der Waals surface area contributed by atoms with E-state index in [2.05, 4.69) is 47.8 Å². The highest BCUT2D eigenvalue weighted by atomic mass is 79.9. The third-order valence-corrected chi connectivity index (χ3v) is 3.98. The lowest BCUT2D eigenvalue weighted by molar-refractivity contribution is -0.255. The Morgan fingerprint density at radius 2 is 1.11 bits per heavy atom. The SMILES string of the molecule is CC(Br)C(=O)Oc1cc(OC(=O)C(C)Br)c(C(=O)[O-])c(OC(=O)C(C)Br)c1. The van der Waals surface area contributed by atoms with Gasteiger partial charge in [-0.15, -0.1) is 0 Å². The van der Waals surface area contributed by atoms with Crippen LogP contribution in [-0.4, -0.2) is 38.4 Å². The predicted molar refractivity (Wildman–Crippen MR) is 103 cm³/mol. The molecule has 0 saturated carbocycles. The molecular weight excluding hydrogens is 560 g/mol. The highest BCUT2D eigenvalue weighted by molar-refractivity contribution is 9.10. The summed E-state index contributed by atoms with van der Waals surface area (Å²) in [6, 6.07) is 2.03. The number of esters is 3. The normalized spacial score (nSPS) is 13.9. The smallest absolute Gasteiger partial charge is 0.324 e. The lowest BCUT2D eigenvalue weighted by atomic mass is 10.1. The molecule has 0 heterocycles. The molecule has 3 atom stereocenters. The Morgan fingerprint density at radius 1 is 0.778 bits per heavy atom. The van der Waals surface area contributed by atoms with Gasteiger partial charge in [-0.1, -0.05) is 47.8 Å². The molecule has 0 bridgehead atoms. The number of hydrogen-bond acceptors (Lipinski definition) is 8. The lowest BCUT2D eigenvalue weighted by Crippen LogP contribution is -2.27. The summed E-state index contributed by atoms with van der Waals surface area (Å²) in [4.78, 5) is 44.9. The molecule has 1 aromatic rings. The van der Waals surface area contributed by atoms with Gasteiger partial charge in [-0.05, 0) is 20.8 Å². The van der Waals surface area contributed by atoms with Crippen molar-refractivity contribution < 1.29 is 38.5 Å². The third kappa shape index (κ3) is 6.89. The molecule has 8 nitrogen and oxygen atoms in total. The minimum Gasteiger partial charge on any atom is -0.545 e. The van der Waals surface area contributed by atoms with E-state index in [0.29, 0.717) is 0 Å². The fraction of sp³-hybridized carbons (Fsp3) is 0.375. The number of carbonyl (C=O) groups is 4. The van der Waals surface area contributed by atoms with Crippen LogP contribution in [0.5, 0.6) is 17.2 Å². The Balaban J connectivity index is 3.50. The molecule has 27 heavy (non-hydrogen) atoms. The first-order valence-corrected chi connectivity index (χ1v) is 10.1. The molecule has 1 aromatic carbocycles. The van der Waals surface area contributed by atoms with Crippen LogP contribution in [0.2, 0.25) is 0 Å². The molecule has 11 heteroatoms. The van der Waals surface area contributed by atoms with E-state index in [-0.39, 0.29) is 5.75 Å². The van der Waals surface area contributed by atoms with Gasteiger partial charge in [0.1, 0.15) is 31.7 Å². The minimum atomic E-state index is -1.75. The summed E-state index contributed by atoms with van der Waals surface area (Å²) < 4.78 is 15.1. The van der Waals surface area contributed by atoms with Crippen molar-refractivity contribution in [1.82, 2.24) is 0 Å². The predicted octanol–water partition coefficient (Wildman–Crippen LogP) is 2.12. The van der Waals surface area contributed by atoms with Crippen molar-refractivity contribution in [3.05, 3.63) is 17.7 Å². The number of halogens is 3. The summed E-state index contributed by atoms with van der Waals surface area (Å²) in [7, 11) is 0. The van der Waals surface area contributed by atoms with Gasteiger partial charge >= 0.3 is 17.9 Å². The van der Waals surface area contributed by atoms with Crippen LogP contribution >= 0.6 is 47.8 Å². The van der Waals surface area contributed by atoms with Gasteiger partial charge in [-0.2, -0.15) is 0 Å². The van der Waals surface area contributed by atoms with Crippen LogP contribution in [-0.2, 0) is 14.4 Å². The second-order valence-corrected chi connectivity index (χ2v) is 9.31. The quantitative estimate of drug-likeness (QED) is 0.276. The second kappa shape index (κ2) is 10.2. The fourth-order valence-electron chi connectivity index (χ4n) is 1.56. The largest absolute Gasteiger partial charge is 0.545 e. The molecule has 0 aliphatic carbocycles. The molecule has 0 spiro atoms. The average molecular weight is 574 g/mol. The van der Waals surface area contributed by atoms with E-state index < -0.39 is 55.4 Å². The number of hydrogen-bond donors (Lipinski definition) is 0.